The molecule has 2 N–H and O–H groups in total. The van der Waals surface area contributed by atoms with Gasteiger partial charge in [0.05, 0.1) is 0 Å². The van der Waals surface area contributed by atoms with Crippen LogP contribution in [-0.2, 0) is 3.74 Å². The van der Waals surface area contributed by atoms with Gasteiger partial charge >= 0.3 is 102 Å². The van der Waals surface area contributed by atoms with Gasteiger partial charge in [0.2, 0.25) is 0 Å². The van der Waals surface area contributed by atoms with E-state index >= 15 is 0 Å². The summed E-state index contributed by atoms with van der Waals surface area (Å²) in [6.45, 7) is 2.27. The Morgan fingerprint density at radius 3 is 1.04 bits per heavy atom. The monoisotopic (exact) mass is 392 g/mol. The minimum absolute atomic E-state index is 0.122. The predicted octanol–water partition coefficient (Wildman–Crippen LogP) is 5.99. The van der Waals surface area contributed by atoms with E-state index in [1.807, 2.05) is 0 Å². The quantitative estimate of drug-likeness (QED) is 0.222. The predicted molar refractivity (Wildman–Crippen MR) is 99.8 cm³/mol. The van der Waals surface area contributed by atoms with Crippen LogP contribution in [0.4, 0.5) is 0 Å². The summed E-state index contributed by atoms with van der Waals surface area (Å²) in [5, 5.41) is 0.122. The van der Waals surface area contributed by atoms with E-state index in [2.05, 4.69) is 6.92 Å². The van der Waals surface area contributed by atoms with Gasteiger partial charge in [0.25, 0.3) is 0 Å². The van der Waals surface area contributed by atoms with E-state index in [0.29, 0.717) is 6.42 Å². The molecule has 0 spiro atoms. The molecule has 0 amide bonds. The molecule has 0 aliphatic carbocycles. The number of hydrogen-bond donors (Lipinski definition) is 2. The Kier molecular flexibility index (Phi) is 17.3. The molecule has 0 unspecified atom stereocenters. The molecule has 140 valence electrons. The van der Waals surface area contributed by atoms with Gasteiger partial charge in [-0.15, -0.1) is 0 Å². The van der Waals surface area contributed by atoms with Crippen LogP contribution in [0.5, 0.6) is 0 Å². The molecule has 3 nitrogen and oxygen atoms in total. The van der Waals surface area contributed by atoms with Crippen LogP contribution in [-0.4, -0.2) is 22.4 Å². The summed E-state index contributed by atoms with van der Waals surface area (Å²) < 4.78 is 28.4. The van der Waals surface area contributed by atoms with Crippen molar-refractivity contribution in [2.75, 3.05) is 0 Å². The summed E-state index contributed by atoms with van der Waals surface area (Å²) in [7, 11) is 0. The van der Waals surface area contributed by atoms with Crippen LogP contribution in [0, 0.1) is 0 Å². The molecule has 0 aliphatic rings. The van der Waals surface area contributed by atoms with Gasteiger partial charge in [-0.05, 0) is 0 Å². The molecule has 0 fully saturated rings. The molecular formula is C19H41AsO3. The SMILES string of the molecule is CCCCCCCCCCCCCCCCCCC[As](=O)(O)O. The van der Waals surface area contributed by atoms with Crippen molar-refractivity contribution in [3.8, 4) is 0 Å². The normalized spacial score (nSPS) is 12.0. The van der Waals surface area contributed by atoms with Crippen molar-refractivity contribution >= 4 is 14.2 Å². The van der Waals surface area contributed by atoms with Crippen molar-refractivity contribution in [1.82, 2.24) is 0 Å². The zero-order valence-electron chi connectivity index (χ0n) is 15.5. The maximum absolute atomic E-state index is 10.7. The zero-order valence-corrected chi connectivity index (χ0v) is 17.4. The summed E-state index contributed by atoms with van der Waals surface area (Å²) in [6.07, 6.45) is 22.1. The standard InChI is InChI=1S/C19H41AsO3/c1-2-3-4-5-6-7-8-9-10-11-12-13-14-15-16-17-18-19-20(21,22)23/h2-19H2,1H3,(H2,21,22,23). The summed E-state index contributed by atoms with van der Waals surface area (Å²) >= 11 is -4.33. The molecule has 0 atom stereocenters. The van der Waals surface area contributed by atoms with Crippen molar-refractivity contribution in [2.24, 2.45) is 0 Å². The first kappa shape index (κ1) is 23.3. The van der Waals surface area contributed by atoms with Gasteiger partial charge < -0.3 is 0 Å². The molecular weight excluding hydrogens is 351 g/mol. The fraction of sp³-hybridized carbons (Fsp3) is 1.00. The second-order valence-corrected chi connectivity index (χ2v) is 10.8. The average molecular weight is 392 g/mol. The van der Waals surface area contributed by atoms with Gasteiger partial charge in [0.1, 0.15) is 0 Å². The molecule has 0 heterocycles. The average Bonchev–Trinajstić information content (AvgIpc) is 2.49. The van der Waals surface area contributed by atoms with Gasteiger partial charge in [0.15, 0.2) is 0 Å². The van der Waals surface area contributed by atoms with Crippen LogP contribution in [0.15, 0.2) is 0 Å². The third-order valence-corrected chi connectivity index (χ3v) is 6.44. The summed E-state index contributed by atoms with van der Waals surface area (Å²) in [4.78, 5) is 0. The van der Waals surface area contributed by atoms with E-state index in [4.69, 9.17) is 8.19 Å². The molecule has 0 bridgehead atoms. The van der Waals surface area contributed by atoms with Crippen LogP contribution in [0.3, 0.4) is 0 Å². The first-order chi connectivity index (χ1) is 11.1. The van der Waals surface area contributed by atoms with Crippen molar-refractivity contribution in [2.45, 2.75) is 121 Å². The van der Waals surface area contributed by atoms with Crippen LogP contribution < -0.4 is 0 Å². The van der Waals surface area contributed by atoms with E-state index in [1.54, 1.807) is 0 Å². The first-order valence-corrected chi connectivity index (χ1v) is 13.9. The van der Waals surface area contributed by atoms with Crippen molar-refractivity contribution in [1.29, 1.82) is 0 Å². The van der Waals surface area contributed by atoms with E-state index in [-0.39, 0.29) is 5.21 Å². The fourth-order valence-electron chi connectivity index (χ4n) is 3.04. The van der Waals surface area contributed by atoms with Crippen LogP contribution in [0.25, 0.3) is 0 Å². The zero-order chi connectivity index (χ0) is 17.2. The second-order valence-electron chi connectivity index (χ2n) is 7.05. The van der Waals surface area contributed by atoms with Crippen molar-refractivity contribution in [3.63, 3.8) is 0 Å². The molecule has 0 saturated carbocycles. The molecule has 23 heavy (non-hydrogen) atoms. The fourth-order valence-corrected chi connectivity index (χ4v) is 4.38. The number of hydrogen-bond acceptors (Lipinski definition) is 1. The molecule has 0 aromatic rings. The molecule has 0 rings (SSSR count). The molecule has 0 aromatic heterocycles. The van der Waals surface area contributed by atoms with Crippen molar-refractivity contribution < 1.29 is 11.9 Å². The van der Waals surface area contributed by atoms with Gasteiger partial charge in [0, 0.05) is 0 Å². The Hall–Kier alpha value is 0.278. The van der Waals surface area contributed by atoms with Crippen molar-refractivity contribution in [3.05, 3.63) is 0 Å². The Balaban J connectivity index is 3.01. The summed E-state index contributed by atoms with van der Waals surface area (Å²) in [6, 6.07) is 0. The Labute approximate surface area is 147 Å². The maximum atomic E-state index is 10.7. The summed E-state index contributed by atoms with van der Waals surface area (Å²) in [5.74, 6) is 0. The topological polar surface area (TPSA) is 57.5 Å². The van der Waals surface area contributed by atoms with Crippen LogP contribution in [0.1, 0.15) is 116 Å². The molecule has 4 heteroatoms. The minimum atomic E-state index is -4.33. The van der Waals surface area contributed by atoms with Gasteiger partial charge in [-0.2, -0.15) is 0 Å². The van der Waals surface area contributed by atoms with E-state index in [1.165, 1.54) is 89.9 Å². The van der Waals surface area contributed by atoms with E-state index in [9.17, 15) is 3.74 Å². The molecule has 0 aliphatic heterocycles. The number of rotatable bonds is 18. The third-order valence-electron chi connectivity index (χ3n) is 4.55. The van der Waals surface area contributed by atoms with E-state index < -0.39 is 14.2 Å². The second kappa shape index (κ2) is 17.1. The van der Waals surface area contributed by atoms with Crippen LogP contribution in [0.2, 0.25) is 5.21 Å². The molecule has 0 saturated heterocycles. The Morgan fingerprint density at radius 2 is 0.783 bits per heavy atom. The Morgan fingerprint density at radius 1 is 0.522 bits per heavy atom. The van der Waals surface area contributed by atoms with Gasteiger partial charge in [-0.1, -0.05) is 45.4 Å². The Bertz CT molecular complexity index is 276. The van der Waals surface area contributed by atoms with Crippen LogP contribution >= 0.6 is 0 Å². The first-order valence-electron chi connectivity index (χ1n) is 10.1. The number of unbranched alkanes of at least 4 members (excludes halogenated alkanes) is 16. The molecule has 0 aromatic carbocycles. The van der Waals surface area contributed by atoms with Gasteiger partial charge in [-0.25, -0.2) is 0 Å². The third kappa shape index (κ3) is 22.3. The van der Waals surface area contributed by atoms with E-state index in [0.717, 1.165) is 12.8 Å². The summed E-state index contributed by atoms with van der Waals surface area (Å²) in [5.41, 5.74) is 0. The van der Waals surface area contributed by atoms with Gasteiger partial charge in [-0.3, -0.25) is 0 Å². The molecule has 0 radical (unpaired) electrons.